The van der Waals surface area contributed by atoms with Crippen LogP contribution in [0, 0.1) is 0 Å². The summed E-state index contributed by atoms with van der Waals surface area (Å²) >= 11 is 5.95. The maximum Gasteiger partial charge on any atom is 0.232 e. The van der Waals surface area contributed by atoms with Gasteiger partial charge in [0.2, 0.25) is 5.24 Å². The fourth-order valence-electron chi connectivity index (χ4n) is 2.93. The number of fused-ring (bicyclic) bond motifs is 1. The van der Waals surface area contributed by atoms with Crippen molar-refractivity contribution in [1.82, 2.24) is 0 Å². The molecule has 19 heavy (non-hydrogen) atoms. The molecule has 2 nitrogen and oxygen atoms in total. The van der Waals surface area contributed by atoms with E-state index in [-0.39, 0.29) is 5.24 Å². The quantitative estimate of drug-likeness (QED) is 0.782. The Bertz CT molecular complexity index is 610. The molecule has 3 rings (SSSR count). The van der Waals surface area contributed by atoms with Gasteiger partial charge in [-0.2, -0.15) is 0 Å². The van der Waals surface area contributed by atoms with Gasteiger partial charge in [0.05, 0.1) is 5.41 Å². The highest BCUT2D eigenvalue weighted by atomic mass is 35.5. The summed E-state index contributed by atoms with van der Waals surface area (Å²) in [4.78, 5) is 12.1. The van der Waals surface area contributed by atoms with E-state index in [1.807, 2.05) is 24.3 Å². The summed E-state index contributed by atoms with van der Waals surface area (Å²) in [5.74, 6) is 0. The summed E-state index contributed by atoms with van der Waals surface area (Å²) in [7, 11) is 0. The zero-order chi connectivity index (χ0) is 13.3. The first-order valence-corrected chi connectivity index (χ1v) is 6.88. The molecule has 0 saturated carbocycles. The number of halogens is 1. The summed E-state index contributed by atoms with van der Waals surface area (Å²) in [6.07, 6.45) is 1.31. The molecular formula is C16H15ClO2. The third-order valence-corrected chi connectivity index (χ3v) is 4.39. The normalized spacial score (nSPS) is 18.4. The molecule has 1 heterocycles. The summed E-state index contributed by atoms with van der Waals surface area (Å²) in [5, 5.41) is 1.98. The van der Waals surface area contributed by atoms with Crippen molar-refractivity contribution < 1.29 is 9.53 Å². The highest BCUT2D eigenvalue weighted by Gasteiger charge is 2.41. The molecule has 0 unspecified atom stereocenters. The van der Waals surface area contributed by atoms with Crippen LogP contribution < -0.4 is 0 Å². The molecule has 0 aromatic heterocycles. The van der Waals surface area contributed by atoms with Crippen LogP contribution in [0.1, 0.15) is 18.4 Å². The summed E-state index contributed by atoms with van der Waals surface area (Å²) in [6, 6.07) is 14.2. The summed E-state index contributed by atoms with van der Waals surface area (Å²) < 4.78 is 5.40. The van der Waals surface area contributed by atoms with E-state index in [1.54, 1.807) is 0 Å². The van der Waals surface area contributed by atoms with E-state index >= 15 is 0 Å². The number of carbonyl (C=O) groups excluding carboxylic acids is 1. The van der Waals surface area contributed by atoms with Crippen molar-refractivity contribution in [3.8, 4) is 0 Å². The fraction of sp³-hybridized carbons (Fsp3) is 0.312. The topological polar surface area (TPSA) is 26.3 Å². The van der Waals surface area contributed by atoms with Crippen LogP contribution in [0.2, 0.25) is 0 Å². The van der Waals surface area contributed by atoms with Gasteiger partial charge in [0.1, 0.15) is 0 Å². The third kappa shape index (κ3) is 2.05. The van der Waals surface area contributed by atoms with Crippen molar-refractivity contribution in [2.24, 2.45) is 0 Å². The van der Waals surface area contributed by atoms with Gasteiger partial charge in [-0.15, -0.1) is 0 Å². The van der Waals surface area contributed by atoms with Gasteiger partial charge in [-0.3, -0.25) is 4.79 Å². The Hall–Kier alpha value is -1.38. The van der Waals surface area contributed by atoms with E-state index in [0.29, 0.717) is 26.1 Å². The lowest BCUT2D eigenvalue weighted by Gasteiger charge is -2.35. The minimum atomic E-state index is -0.597. The fourth-order valence-corrected chi connectivity index (χ4v) is 3.23. The molecule has 0 bridgehead atoms. The van der Waals surface area contributed by atoms with Crippen LogP contribution in [0.3, 0.4) is 0 Å². The summed E-state index contributed by atoms with van der Waals surface area (Å²) in [5.41, 5.74) is 0.439. The number of ether oxygens (including phenoxy) is 1. The van der Waals surface area contributed by atoms with Gasteiger partial charge in [-0.1, -0.05) is 42.5 Å². The SMILES string of the molecule is O=C(Cl)C1(c2cccc3ccccc23)CCOCC1. The van der Waals surface area contributed by atoms with Gasteiger partial charge < -0.3 is 4.74 Å². The van der Waals surface area contributed by atoms with E-state index in [4.69, 9.17) is 16.3 Å². The van der Waals surface area contributed by atoms with Gasteiger partial charge in [0.25, 0.3) is 0 Å². The number of hydrogen-bond donors (Lipinski definition) is 0. The Morgan fingerprint density at radius 1 is 1.05 bits per heavy atom. The van der Waals surface area contributed by atoms with E-state index < -0.39 is 5.41 Å². The van der Waals surface area contributed by atoms with Crippen molar-refractivity contribution in [2.45, 2.75) is 18.3 Å². The third-order valence-electron chi connectivity index (χ3n) is 4.03. The van der Waals surface area contributed by atoms with E-state index in [9.17, 15) is 4.79 Å². The first-order chi connectivity index (χ1) is 9.24. The van der Waals surface area contributed by atoms with E-state index in [1.165, 1.54) is 0 Å². The largest absolute Gasteiger partial charge is 0.381 e. The highest BCUT2D eigenvalue weighted by molar-refractivity contribution is 6.65. The maximum atomic E-state index is 12.1. The van der Waals surface area contributed by atoms with Crippen molar-refractivity contribution >= 4 is 27.6 Å². The molecule has 2 aromatic rings. The maximum absolute atomic E-state index is 12.1. The molecule has 2 aromatic carbocycles. The van der Waals surface area contributed by atoms with Crippen LogP contribution >= 0.6 is 11.6 Å². The highest BCUT2D eigenvalue weighted by Crippen LogP contribution is 2.40. The van der Waals surface area contributed by atoms with Gasteiger partial charge >= 0.3 is 0 Å². The standard InChI is InChI=1S/C16H15ClO2/c17-15(18)16(8-10-19-11-9-16)14-7-3-5-12-4-1-2-6-13(12)14/h1-7H,8-11H2. The molecule has 1 fully saturated rings. The van der Waals surface area contributed by atoms with Crippen LogP contribution in [0.4, 0.5) is 0 Å². The van der Waals surface area contributed by atoms with Crippen molar-refractivity contribution in [3.63, 3.8) is 0 Å². The molecule has 0 atom stereocenters. The minimum Gasteiger partial charge on any atom is -0.381 e. The van der Waals surface area contributed by atoms with Gasteiger partial charge in [0, 0.05) is 13.2 Å². The van der Waals surface area contributed by atoms with Gasteiger partial charge in [-0.25, -0.2) is 0 Å². The molecule has 0 N–H and O–H groups in total. The number of hydrogen-bond acceptors (Lipinski definition) is 2. The first-order valence-electron chi connectivity index (χ1n) is 6.50. The zero-order valence-corrected chi connectivity index (χ0v) is 11.3. The Morgan fingerprint density at radius 2 is 1.74 bits per heavy atom. The number of benzene rings is 2. The lowest BCUT2D eigenvalue weighted by molar-refractivity contribution is -0.120. The molecule has 0 radical (unpaired) electrons. The minimum absolute atomic E-state index is 0.271. The molecule has 1 aliphatic heterocycles. The van der Waals surface area contributed by atoms with E-state index in [0.717, 1.165) is 16.3 Å². The number of carbonyl (C=O) groups is 1. The molecule has 0 spiro atoms. The Kier molecular flexibility index (Phi) is 3.29. The molecule has 1 aliphatic rings. The van der Waals surface area contributed by atoms with Crippen LogP contribution in [0.5, 0.6) is 0 Å². The average Bonchev–Trinajstić information content (AvgIpc) is 2.47. The van der Waals surface area contributed by atoms with Crippen LogP contribution in [-0.2, 0) is 14.9 Å². The predicted octanol–water partition coefficient (Wildman–Crippen LogP) is 3.65. The van der Waals surface area contributed by atoms with Crippen molar-refractivity contribution in [3.05, 3.63) is 48.0 Å². The average molecular weight is 275 g/mol. The van der Waals surface area contributed by atoms with Crippen LogP contribution in [0.15, 0.2) is 42.5 Å². The van der Waals surface area contributed by atoms with Gasteiger partial charge in [0.15, 0.2) is 0 Å². The lowest BCUT2D eigenvalue weighted by atomic mass is 9.73. The van der Waals surface area contributed by atoms with E-state index in [2.05, 4.69) is 18.2 Å². The zero-order valence-electron chi connectivity index (χ0n) is 10.6. The Morgan fingerprint density at radius 3 is 2.47 bits per heavy atom. The smallest absolute Gasteiger partial charge is 0.232 e. The molecule has 98 valence electrons. The molecule has 3 heteroatoms. The molecule has 0 amide bonds. The lowest BCUT2D eigenvalue weighted by Crippen LogP contribution is -2.39. The van der Waals surface area contributed by atoms with Crippen molar-refractivity contribution in [1.29, 1.82) is 0 Å². The Balaban J connectivity index is 2.23. The van der Waals surface area contributed by atoms with Crippen molar-refractivity contribution in [2.75, 3.05) is 13.2 Å². The second kappa shape index (κ2) is 4.95. The first kappa shape index (κ1) is 12.6. The monoisotopic (exact) mass is 274 g/mol. The molecule has 1 saturated heterocycles. The second-order valence-corrected chi connectivity index (χ2v) is 5.34. The second-order valence-electron chi connectivity index (χ2n) is 4.99. The van der Waals surface area contributed by atoms with Crippen LogP contribution in [0.25, 0.3) is 10.8 Å². The molecule has 0 aliphatic carbocycles. The van der Waals surface area contributed by atoms with Crippen LogP contribution in [-0.4, -0.2) is 18.5 Å². The predicted molar refractivity (Wildman–Crippen MR) is 76.5 cm³/mol. The van der Waals surface area contributed by atoms with Gasteiger partial charge in [-0.05, 0) is 40.8 Å². The number of rotatable bonds is 2. The summed E-state index contributed by atoms with van der Waals surface area (Å²) in [6.45, 7) is 1.17. The Labute approximate surface area is 117 Å². The molecular weight excluding hydrogens is 260 g/mol.